The molecule has 0 spiro atoms. The number of aromatic amines is 1. The number of unbranched alkanes of at least 4 members (excludes halogenated alkanes) is 4. The molecule has 35 heteroatoms. The van der Waals surface area contributed by atoms with Gasteiger partial charge in [-0.15, -0.1) is 0 Å². The summed E-state index contributed by atoms with van der Waals surface area (Å²) in [6.45, 7) is -0.000401. The van der Waals surface area contributed by atoms with Crippen molar-refractivity contribution in [3.63, 3.8) is 0 Å². The molecular formula is C54H101N23O12. The van der Waals surface area contributed by atoms with Crippen molar-refractivity contribution in [3.8, 4) is 0 Å². The van der Waals surface area contributed by atoms with Gasteiger partial charge in [0.2, 0.25) is 53.2 Å². The second kappa shape index (κ2) is 44.0. The highest BCUT2D eigenvalue weighted by atomic mass is 16.3. The third-order valence-corrected chi connectivity index (χ3v) is 14.3. The Morgan fingerprint density at radius 1 is 0.618 bits per heavy atom. The Bertz CT molecular complexity index is 2410. The standard InChI is InChI=1S/C54H101N23O12/c55-18-4-1-12-33(62)45(81)75-44(41(79)28-61)52(88)76-43(40(78)27-60)51(87)68-30-42(80)70-37(15-9-22-59)53(89)77-25-11-17-39(77)50(86)74-38(26-32-29-65-31-69-32)49(85)73-35(14-3-6-20-57)47(83)72-36(16-10-24-67-54(63)64)48(84)71-34(13-2-5-19-56)46(82)66-23-8-7-21-58/h16,29,31,33-35,37-41,43-44,78-79H,1-15,17-28,30,55-62H2,(H,65,69)(H,66,82)(H,68,87)(H,70,80)(H,71,84)(H,72,83)(H,73,85)(H,74,86)(H,75,81)(H,76,88)(H4,63,64,67)/b36-16-/t33-,34+,35+,37-,38+,39+,40+,41+,43+,44+/m1/s1. The lowest BCUT2D eigenvalue weighted by Crippen LogP contribution is -2.63. The fraction of sp³-hybridized carbons (Fsp3) is 0.704. The van der Waals surface area contributed by atoms with E-state index < -0.39 is 139 Å². The molecule has 2 heterocycles. The van der Waals surface area contributed by atoms with Crippen molar-refractivity contribution in [1.82, 2.24) is 68.0 Å². The number of aliphatic hydroxyl groups is 2. The maximum absolute atomic E-state index is 14.5. The molecule has 0 unspecified atom stereocenters. The first kappa shape index (κ1) is 77.6. The smallest absolute Gasteiger partial charge is 0.268 e. The molecular weight excluding hydrogens is 1160 g/mol. The lowest BCUT2D eigenvalue weighted by Gasteiger charge is -2.30. The van der Waals surface area contributed by atoms with Crippen LogP contribution in [-0.2, 0) is 54.4 Å². The number of likely N-dealkylation sites (tertiary alicyclic amines) is 1. The first-order valence-electron chi connectivity index (χ1n) is 30.4. The number of nitrogens with one attached hydrogen (secondary N) is 12. The van der Waals surface area contributed by atoms with Gasteiger partial charge in [-0.2, -0.15) is 0 Å². The van der Waals surface area contributed by atoms with Gasteiger partial charge in [-0.25, -0.2) is 4.98 Å². The number of carbonyl (C=O) groups is 10. The average Bonchev–Trinajstić information content (AvgIpc) is 3.27. The minimum absolute atomic E-state index is 0.0127. The highest BCUT2D eigenvalue weighted by Crippen LogP contribution is 2.21. The molecule has 0 bridgehead atoms. The topological polar surface area (TPSA) is 621 Å². The summed E-state index contributed by atoms with van der Waals surface area (Å²) in [5, 5.41) is 54.4. The molecule has 1 saturated heterocycles. The molecule has 32 N–H and O–H groups in total. The largest absolute Gasteiger partial charge is 0.389 e. The van der Waals surface area contributed by atoms with E-state index in [9.17, 15) is 58.2 Å². The molecule has 2 rings (SSSR count). The first-order chi connectivity index (χ1) is 42.6. The molecule has 89 heavy (non-hydrogen) atoms. The molecule has 0 aromatic carbocycles. The van der Waals surface area contributed by atoms with Crippen LogP contribution in [0.25, 0.3) is 0 Å². The fourth-order valence-electron chi connectivity index (χ4n) is 9.27. The molecule has 1 aliphatic rings. The zero-order chi connectivity index (χ0) is 66.3. The third kappa shape index (κ3) is 29.1. The van der Waals surface area contributed by atoms with Gasteiger partial charge in [-0.05, 0) is 129 Å². The number of hydrogen-bond acceptors (Lipinski definition) is 22. The van der Waals surface area contributed by atoms with E-state index in [1.165, 1.54) is 23.5 Å². The maximum atomic E-state index is 14.5. The van der Waals surface area contributed by atoms with Crippen LogP contribution >= 0.6 is 0 Å². The Hall–Kier alpha value is -7.48. The Balaban J connectivity index is 2.38. The van der Waals surface area contributed by atoms with E-state index in [0.29, 0.717) is 89.7 Å². The number of carbonyl (C=O) groups excluding carboxylic acids is 10. The number of nitrogens with two attached hydrogens (primary N) is 9. The summed E-state index contributed by atoms with van der Waals surface area (Å²) in [6.07, 6.45) is 5.86. The first-order valence-corrected chi connectivity index (χ1v) is 30.4. The zero-order valence-corrected chi connectivity index (χ0v) is 50.9. The second-order valence-corrected chi connectivity index (χ2v) is 21.4. The molecule has 1 aliphatic heterocycles. The van der Waals surface area contributed by atoms with Crippen LogP contribution in [0.15, 0.2) is 24.3 Å². The van der Waals surface area contributed by atoms with Crippen LogP contribution in [0.1, 0.15) is 108 Å². The Morgan fingerprint density at radius 3 is 1.78 bits per heavy atom. The van der Waals surface area contributed by atoms with E-state index >= 15 is 0 Å². The minimum atomic E-state index is -1.84. The highest BCUT2D eigenvalue weighted by Gasteiger charge is 2.40. The number of rotatable bonds is 46. The Morgan fingerprint density at radius 2 is 1.19 bits per heavy atom. The van der Waals surface area contributed by atoms with Crippen molar-refractivity contribution in [1.29, 1.82) is 5.41 Å². The van der Waals surface area contributed by atoms with E-state index in [-0.39, 0.29) is 89.2 Å². The van der Waals surface area contributed by atoms with Crippen LogP contribution in [0.4, 0.5) is 0 Å². The number of aliphatic hydroxyl groups excluding tert-OH is 2. The van der Waals surface area contributed by atoms with Crippen molar-refractivity contribution >= 4 is 65.0 Å². The third-order valence-electron chi connectivity index (χ3n) is 14.3. The number of H-pyrrole nitrogens is 1. The molecule has 0 radical (unpaired) electrons. The zero-order valence-electron chi connectivity index (χ0n) is 50.9. The number of amides is 10. The number of nitrogens with zero attached hydrogens (tertiary/aromatic N) is 2. The second-order valence-electron chi connectivity index (χ2n) is 21.4. The van der Waals surface area contributed by atoms with Gasteiger partial charge in [0.25, 0.3) is 5.91 Å². The van der Waals surface area contributed by atoms with Gasteiger partial charge in [0, 0.05) is 51.0 Å². The summed E-state index contributed by atoms with van der Waals surface area (Å²) >= 11 is 0. The number of aromatic nitrogens is 2. The lowest BCUT2D eigenvalue weighted by atomic mass is 10.0. The van der Waals surface area contributed by atoms with E-state index in [2.05, 4.69) is 63.1 Å². The highest BCUT2D eigenvalue weighted by molar-refractivity contribution is 6.02. The summed E-state index contributed by atoms with van der Waals surface area (Å²) in [4.78, 5) is 147. The quantitative estimate of drug-likeness (QED) is 0.0125. The minimum Gasteiger partial charge on any atom is -0.389 e. The SMILES string of the molecule is N=C(N)NCC/C=C(\NC(=O)[C@H](CCCCN)NC(=O)[C@H](Cc1cnc[nH]1)NC(=O)[C@@H]1CCCN1C(=O)[C@@H](CCCN)NC(=O)CNC(=O)[C@@H](NC(=O)[C@@H](NC(=O)[C@H](N)CCCCN)[C@@H](O)CN)[C@@H](O)CN)C(=O)N[C@@H](CCCCN)C(=O)NCCCCN. The molecule has 1 fully saturated rings. The molecule has 0 aliphatic carbocycles. The van der Waals surface area contributed by atoms with Crippen molar-refractivity contribution in [2.45, 2.75) is 170 Å². The lowest BCUT2D eigenvalue weighted by molar-refractivity contribution is -0.142. The van der Waals surface area contributed by atoms with Gasteiger partial charge in [-0.3, -0.25) is 53.4 Å². The van der Waals surface area contributed by atoms with Gasteiger partial charge in [0.05, 0.1) is 31.1 Å². The molecule has 0 saturated carbocycles. The molecule has 1 aromatic heterocycles. The van der Waals surface area contributed by atoms with Gasteiger partial charge >= 0.3 is 0 Å². The predicted octanol–water partition coefficient (Wildman–Crippen LogP) is -9.21. The number of guanidine groups is 1. The van der Waals surface area contributed by atoms with Gasteiger partial charge in [0.15, 0.2) is 5.96 Å². The van der Waals surface area contributed by atoms with Crippen LogP contribution in [-0.4, -0.2) is 223 Å². The number of imidazole rings is 1. The normalized spacial score (nSPS) is 16.1. The average molecular weight is 1260 g/mol. The molecule has 10 amide bonds. The Labute approximate surface area is 518 Å². The van der Waals surface area contributed by atoms with Crippen molar-refractivity contribution in [3.05, 3.63) is 30.0 Å². The van der Waals surface area contributed by atoms with E-state index in [1.807, 2.05) is 0 Å². The molecule has 10 atom stereocenters. The summed E-state index contributed by atoms with van der Waals surface area (Å²) < 4.78 is 0. The van der Waals surface area contributed by atoms with Crippen molar-refractivity contribution in [2.24, 2.45) is 51.6 Å². The van der Waals surface area contributed by atoms with Crippen LogP contribution in [0.5, 0.6) is 0 Å². The van der Waals surface area contributed by atoms with Crippen molar-refractivity contribution < 1.29 is 58.2 Å². The summed E-state index contributed by atoms with van der Waals surface area (Å²) in [6, 6.07) is -10.9. The monoisotopic (exact) mass is 1260 g/mol. The van der Waals surface area contributed by atoms with E-state index in [0.717, 1.165) is 0 Å². The van der Waals surface area contributed by atoms with E-state index in [4.69, 9.17) is 57.0 Å². The molecule has 504 valence electrons. The summed E-state index contributed by atoms with van der Waals surface area (Å²) in [5.74, 6) is -8.76. The molecule has 1 aromatic rings. The fourth-order valence-corrected chi connectivity index (χ4v) is 9.27. The summed E-state index contributed by atoms with van der Waals surface area (Å²) in [7, 11) is 0. The van der Waals surface area contributed by atoms with Crippen LogP contribution in [0.3, 0.4) is 0 Å². The van der Waals surface area contributed by atoms with Gasteiger partial charge in [-0.1, -0.05) is 12.5 Å². The van der Waals surface area contributed by atoms with Crippen molar-refractivity contribution in [2.75, 3.05) is 72.0 Å². The maximum Gasteiger partial charge on any atom is 0.268 e. The number of hydrogen-bond donors (Lipinski definition) is 23. The summed E-state index contributed by atoms with van der Waals surface area (Å²) in [5.41, 5.74) is 51.3. The molecule has 35 nitrogen and oxygen atoms in total. The van der Waals surface area contributed by atoms with Crippen LogP contribution < -0.4 is 105 Å². The Kier molecular flexibility index (Phi) is 38.4. The van der Waals surface area contributed by atoms with Gasteiger partial charge < -0.3 is 125 Å². The predicted molar refractivity (Wildman–Crippen MR) is 329 cm³/mol. The van der Waals surface area contributed by atoms with Crippen LogP contribution in [0.2, 0.25) is 0 Å². The van der Waals surface area contributed by atoms with Crippen LogP contribution in [0, 0.1) is 5.41 Å². The van der Waals surface area contributed by atoms with E-state index in [1.54, 1.807) is 0 Å². The van der Waals surface area contributed by atoms with Gasteiger partial charge in [0.1, 0.15) is 48.0 Å².